The van der Waals surface area contributed by atoms with Crippen LogP contribution in [0, 0.1) is 13.8 Å². The van der Waals surface area contributed by atoms with Gasteiger partial charge < -0.3 is 10.6 Å². The van der Waals surface area contributed by atoms with Crippen LogP contribution in [-0.4, -0.2) is 23.9 Å². The van der Waals surface area contributed by atoms with E-state index in [0.717, 1.165) is 22.3 Å². The Morgan fingerprint density at radius 1 is 1.10 bits per heavy atom. The lowest BCUT2D eigenvalue weighted by Gasteiger charge is -2.23. The van der Waals surface area contributed by atoms with Crippen molar-refractivity contribution >= 4 is 5.91 Å². The molecule has 2 aromatic carbocycles. The van der Waals surface area contributed by atoms with E-state index in [9.17, 15) is 4.79 Å². The third-order valence-electron chi connectivity index (χ3n) is 3.53. The zero-order valence-electron chi connectivity index (χ0n) is 12.7. The fourth-order valence-electron chi connectivity index (χ4n) is 2.35. The Balaban J connectivity index is 2.25. The molecule has 0 aliphatic carbocycles. The van der Waals surface area contributed by atoms with Crippen LogP contribution in [0.4, 0.5) is 0 Å². The molecule has 0 radical (unpaired) electrons. The maximum absolute atomic E-state index is 12.8. The summed E-state index contributed by atoms with van der Waals surface area (Å²) in [6.45, 7) is 5.57. The highest BCUT2D eigenvalue weighted by Gasteiger charge is 2.17. The molecule has 2 rings (SSSR count). The monoisotopic (exact) mass is 282 g/mol. The van der Waals surface area contributed by atoms with Crippen LogP contribution >= 0.6 is 0 Å². The molecule has 3 heteroatoms. The summed E-state index contributed by atoms with van der Waals surface area (Å²) in [7, 11) is 0. The Morgan fingerprint density at radius 2 is 1.81 bits per heavy atom. The van der Waals surface area contributed by atoms with Crippen molar-refractivity contribution in [2.24, 2.45) is 5.73 Å². The molecule has 0 aliphatic heterocycles. The molecular weight excluding hydrogens is 260 g/mol. The molecule has 0 spiro atoms. The lowest BCUT2D eigenvalue weighted by atomic mass is 10.0. The van der Waals surface area contributed by atoms with Crippen molar-refractivity contribution in [2.45, 2.75) is 20.4 Å². The van der Waals surface area contributed by atoms with E-state index in [1.165, 1.54) is 0 Å². The standard InChI is InChI=1S/C18H22N2O/c1-14-8-9-15(2)17(12-14)18(21)20(11-10-19)13-16-6-4-3-5-7-16/h3-9,12H,10-11,13,19H2,1-2H3. The topological polar surface area (TPSA) is 46.3 Å². The second-order valence-corrected chi connectivity index (χ2v) is 5.32. The van der Waals surface area contributed by atoms with Crippen molar-refractivity contribution in [1.29, 1.82) is 0 Å². The van der Waals surface area contributed by atoms with Crippen LogP contribution in [0.5, 0.6) is 0 Å². The molecule has 0 fully saturated rings. The summed E-state index contributed by atoms with van der Waals surface area (Å²) in [5.41, 5.74) is 9.65. The summed E-state index contributed by atoms with van der Waals surface area (Å²) in [6, 6.07) is 16.0. The summed E-state index contributed by atoms with van der Waals surface area (Å²) in [5.74, 6) is 0.0468. The number of aryl methyl sites for hydroxylation is 2. The molecule has 0 saturated heterocycles. The summed E-state index contributed by atoms with van der Waals surface area (Å²) in [4.78, 5) is 14.6. The van der Waals surface area contributed by atoms with Crippen LogP contribution in [0.3, 0.4) is 0 Å². The molecule has 110 valence electrons. The smallest absolute Gasteiger partial charge is 0.254 e. The Labute approximate surface area is 126 Å². The van der Waals surface area contributed by atoms with E-state index in [2.05, 4.69) is 0 Å². The lowest BCUT2D eigenvalue weighted by molar-refractivity contribution is 0.0747. The summed E-state index contributed by atoms with van der Waals surface area (Å²) < 4.78 is 0. The molecule has 0 saturated carbocycles. The maximum Gasteiger partial charge on any atom is 0.254 e. The number of nitrogens with two attached hydrogens (primary N) is 1. The first-order valence-electron chi connectivity index (χ1n) is 7.22. The summed E-state index contributed by atoms with van der Waals surface area (Å²) in [5, 5.41) is 0. The van der Waals surface area contributed by atoms with Crippen molar-refractivity contribution in [1.82, 2.24) is 4.90 Å². The van der Waals surface area contributed by atoms with Gasteiger partial charge in [-0.1, -0.05) is 48.0 Å². The van der Waals surface area contributed by atoms with Crippen LogP contribution in [0.25, 0.3) is 0 Å². The molecule has 2 aromatic rings. The predicted molar refractivity (Wildman–Crippen MR) is 86.2 cm³/mol. The highest BCUT2D eigenvalue weighted by Crippen LogP contribution is 2.15. The molecule has 0 heterocycles. The largest absolute Gasteiger partial charge is 0.333 e. The van der Waals surface area contributed by atoms with Gasteiger partial charge in [0.2, 0.25) is 0 Å². The first-order chi connectivity index (χ1) is 10.1. The molecule has 0 unspecified atom stereocenters. The quantitative estimate of drug-likeness (QED) is 0.916. The minimum absolute atomic E-state index is 0.0468. The van der Waals surface area contributed by atoms with Gasteiger partial charge in [0.15, 0.2) is 0 Å². The van der Waals surface area contributed by atoms with Crippen molar-refractivity contribution in [3.8, 4) is 0 Å². The third kappa shape index (κ3) is 3.92. The van der Waals surface area contributed by atoms with Crippen molar-refractivity contribution in [3.63, 3.8) is 0 Å². The van der Waals surface area contributed by atoms with E-state index in [1.54, 1.807) is 0 Å². The average molecular weight is 282 g/mol. The fourth-order valence-corrected chi connectivity index (χ4v) is 2.35. The van der Waals surface area contributed by atoms with E-state index in [4.69, 9.17) is 5.73 Å². The normalized spacial score (nSPS) is 10.4. The lowest BCUT2D eigenvalue weighted by Crippen LogP contribution is -2.35. The van der Waals surface area contributed by atoms with Gasteiger partial charge in [0.1, 0.15) is 0 Å². The number of hydrogen-bond acceptors (Lipinski definition) is 2. The van der Waals surface area contributed by atoms with Crippen LogP contribution in [-0.2, 0) is 6.54 Å². The Morgan fingerprint density at radius 3 is 2.48 bits per heavy atom. The van der Waals surface area contributed by atoms with Crippen LogP contribution in [0.15, 0.2) is 48.5 Å². The Kier molecular flexibility index (Phi) is 5.12. The van der Waals surface area contributed by atoms with Gasteiger partial charge in [0.05, 0.1) is 0 Å². The summed E-state index contributed by atoms with van der Waals surface area (Å²) in [6.07, 6.45) is 0. The Hall–Kier alpha value is -2.13. The average Bonchev–Trinajstić information content (AvgIpc) is 2.49. The molecule has 0 aliphatic rings. The van der Waals surface area contributed by atoms with E-state index >= 15 is 0 Å². The SMILES string of the molecule is Cc1ccc(C)c(C(=O)N(CCN)Cc2ccccc2)c1. The number of nitrogens with zero attached hydrogens (tertiary/aromatic N) is 1. The summed E-state index contributed by atoms with van der Waals surface area (Å²) >= 11 is 0. The first kappa shape index (κ1) is 15.3. The minimum atomic E-state index is 0.0468. The molecule has 2 N–H and O–H groups in total. The number of benzene rings is 2. The number of rotatable bonds is 5. The minimum Gasteiger partial charge on any atom is -0.333 e. The van der Waals surface area contributed by atoms with Gasteiger partial charge in [-0.05, 0) is 31.0 Å². The van der Waals surface area contributed by atoms with E-state index in [1.807, 2.05) is 67.3 Å². The molecule has 3 nitrogen and oxygen atoms in total. The van der Waals surface area contributed by atoms with Gasteiger partial charge in [0, 0.05) is 25.2 Å². The van der Waals surface area contributed by atoms with Gasteiger partial charge >= 0.3 is 0 Å². The molecular formula is C18H22N2O. The van der Waals surface area contributed by atoms with Crippen LogP contribution in [0.2, 0.25) is 0 Å². The second-order valence-electron chi connectivity index (χ2n) is 5.32. The van der Waals surface area contributed by atoms with E-state index < -0.39 is 0 Å². The fraction of sp³-hybridized carbons (Fsp3) is 0.278. The van der Waals surface area contributed by atoms with Crippen LogP contribution in [0.1, 0.15) is 27.0 Å². The highest BCUT2D eigenvalue weighted by atomic mass is 16.2. The zero-order chi connectivity index (χ0) is 15.2. The Bertz CT molecular complexity index is 608. The van der Waals surface area contributed by atoms with E-state index in [-0.39, 0.29) is 5.91 Å². The van der Waals surface area contributed by atoms with Crippen molar-refractivity contribution in [2.75, 3.05) is 13.1 Å². The second kappa shape index (κ2) is 7.04. The first-order valence-corrected chi connectivity index (χ1v) is 7.22. The van der Waals surface area contributed by atoms with Crippen molar-refractivity contribution in [3.05, 3.63) is 70.8 Å². The molecule has 0 atom stereocenters. The number of amides is 1. The van der Waals surface area contributed by atoms with Gasteiger partial charge in [-0.2, -0.15) is 0 Å². The molecule has 21 heavy (non-hydrogen) atoms. The van der Waals surface area contributed by atoms with Gasteiger partial charge in [0.25, 0.3) is 5.91 Å². The van der Waals surface area contributed by atoms with Gasteiger partial charge in [-0.25, -0.2) is 0 Å². The zero-order valence-corrected chi connectivity index (χ0v) is 12.7. The number of carbonyl (C=O) groups excluding carboxylic acids is 1. The predicted octanol–water partition coefficient (Wildman–Crippen LogP) is 2.90. The molecule has 0 aromatic heterocycles. The molecule has 0 bridgehead atoms. The van der Waals surface area contributed by atoms with Crippen molar-refractivity contribution < 1.29 is 4.79 Å². The maximum atomic E-state index is 12.8. The molecule has 1 amide bonds. The van der Waals surface area contributed by atoms with E-state index in [0.29, 0.717) is 19.6 Å². The highest BCUT2D eigenvalue weighted by molar-refractivity contribution is 5.95. The third-order valence-corrected chi connectivity index (χ3v) is 3.53. The van der Waals surface area contributed by atoms with Crippen LogP contribution < -0.4 is 5.73 Å². The van der Waals surface area contributed by atoms with Gasteiger partial charge in [-0.3, -0.25) is 4.79 Å². The number of carbonyl (C=O) groups is 1. The number of hydrogen-bond donors (Lipinski definition) is 1. The van der Waals surface area contributed by atoms with Gasteiger partial charge in [-0.15, -0.1) is 0 Å².